The monoisotopic (exact) mass is 389 g/mol. The summed E-state index contributed by atoms with van der Waals surface area (Å²) >= 11 is 7.92. The first kappa shape index (κ1) is 14.1. The van der Waals surface area contributed by atoms with E-state index in [1.807, 2.05) is 24.3 Å². The number of hydrogen-bond acceptors (Lipinski definition) is 3. The molecule has 0 aliphatic rings. The van der Waals surface area contributed by atoms with Gasteiger partial charge in [-0.25, -0.2) is 0 Å². The second-order valence-corrected chi connectivity index (χ2v) is 5.33. The summed E-state index contributed by atoms with van der Waals surface area (Å²) in [6.45, 7) is 0.262. The van der Waals surface area contributed by atoms with E-state index in [4.69, 9.17) is 16.3 Å². The van der Waals surface area contributed by atoms with Crippen LogP contribution in [0.5, 0.6) is 5.75 Å². The lowest BCUT2D eigenvalue weighted by Gasteiger charge is -2.08. The van der Waals surface area contributed by atoms with Crippen LogP contribution in [0, 0.1) is 13.7 Å². The standard InChI is InChI=1S/C13H9ClINO3/c14-10-6-5-9(7-12(10)16(17)18)8-19-13-4-2-1-3-11(13)15/h1-7H,8H2. The van der Waals surface area contributed by atoms with Crippen molar-refractivity contribution in [3.05, 3.63) is 66.7 Å². The Labute approximate surface area is 128 Å². The highest BCUT2D eigenvalue weighted by atomic mass is 127. The van der Waals surface area contributed by atoms with Gasteiger partial charge >= 0.3 is 0 Å². The highest BCUT2D eigenvalue weighted by Crippen LogP contribution is 2.26. The molecule has 0 saturated heterocycles. The smallest absolute Gasteiger partial charge is 0.288 e. The van der Waals surface area contributed by atoms with Crippen LogP contribution in [0.2, 0.25) is 5.02 Å². The molecule has 0 heterocycles. The van der Waals surface area contributed by atoms with E-state index in [1.165, 1.54) is 12.1 Å². The molecule has 2 aromatic rings. The summed E-state index contributed by atoms with van der Waals surface area (Å²) < 4.78 is 6.61. The highest BCUT2D eigenvalue weighted by Gasteiger charge is 2.13. The molecule has 0 unspecified atom stereocenters. The maximum atomic E-state index is 10.8. The van der Waals surface area contributed by atoms with Crippen LogP contribution in [0.3, 0.4) is 0 Å². The van der Waals surface area contributed by atoms with Crippen LogP contribution < -0.4 is 4.74 Å². The van der Waals surface area contributed by atoms with Crippen molar-refractivity contribution in [3.63, 3.8) is 0 Å². The summed E-state index contributed by atoms with van der Waals surface area (Å²) in [7, 11) is 0. The molecule has 0 fully saturated rings. The molecular formula is C13H9ClINO3. The zero-order chi connectivity index (χ0) is 13.8. The molecule has 0 amide bonds. The van der Waals surface area contributed by atoms with E-state index in [-0.39, 0.29) is 17.3 Å². The first-order valence-electron chi connectivity index (χ1n) is 5.38. The van der Waals surface area contributed by atoms with Crippen LogP contribution in [-0.4, -0.2) is 4.92 Å². The number of ether oxygens (including phenoxy) is 1. The third kappa shape index (κ3) is 3.57. The molecule has 0 aliphatic carbocycles. The third-order valence-corrected chi connectivity index (χ3v) is 3.65. The van der Waals surface area contributed by atoms with Gasteiger partial charge in [-0.15, -0.1) is 0 Å². The van der Waals surface area contributed by atoms with Crippen molar-refractivity contribution >= 4 is 39.9 Å². The van der Waals surface area contributed by atoms with Crippen LogP contribution in [0.25, 0.3) is 0 Å². The molecule has 0 N–H and O–H groups in total. The Hall–Kier alpha value is -1.34. The fraction of sp³-hybridized carbons (Fsp3) is 0.0769. The Kier molecular flexibility index (Phi) is 4.60. The average molecular weight is 390 g/mol. The number of halogens is 2. The van der Waals surface area contributed by atoms with E-state index in [9.17, 15) is 10.1 Å². The molecule has 6 heteroatoms. The Morgan fingerprint density at radius 3 is 2.68 bits per heavy atom. The van der Waals surface area contributed by atoms with Crippen LogP contribution in [0.1, 0.15) is 5.56 Å². The van der Waals surface area contributed by atoms with Gasteiger partial charge in [0, 0.05) is 6.07 Å². The van der Waals surface area contributed by atoms with Gasteiger partial charge in [0.15, 0.2) is 0 Å². The number of nitro benzene ring substituents is 1. The van der Waals surface area contributed by atoms with Gasteiger partial charge in [-0.1, -0.05) is 29.8 Å². The minimum absolute atomic E-state index is 0.106. The lowest BCUT2D eigenvalue weighted by atomic mass is 10.2. The largest absolute Gasteiger partial charge is 0.488 e. The number of hydrogen-bond donors (Lipinski definition) is 0. The van der Waals surface area contributed by atoms with Crippen LogP contribution >= 0.6 is 34.2 Å². The van der Waals surface area contributed by atoms with Crippen LogP contribution in [0.4, 0.5) is 5.69 Å². The van der Waals surface area contributed by atoms with Gasteiger partial charge in [0.05, 0.1) is 8.49 Å². The number of nitrogens with zero attached hydrogens (tertiary/aromatic N) is 1. The predicted molar refractivity (Wildman–Crippen MR) is 81.6 cm³/mol. The molecule has 0 atom stereocenters. The number of nitro groups is 1. The molecule has 98 valence electrons. The zero-order valence-corrected chi connectivity index (χ0v) is 12.6. The van der Waals surface area contributed by atoms with Gasteiger partial charge < -0.3 is 4.74 Å². The predicted octanol–water partition coefficient (Wildman–Crippen LogP) is 4.43. The van der Waals surface area contributed by atoms with Crippen molar-refractivity contribution in [2.45, 2.75) is 6.61 Å². The highest BCUT2D eigenvalue weighted by molar-refractivity contribution is 14.1. The maximum Gasteiger partial charge on any atom is 0.288 e. The quantitative estimate of drug-likeness (QED) is 0.441. The normalized spacial score (nSPS) is 10.2. The summed E-state index contributed by atoms with van der Waals surface area (Å²) in [5.74, 6) is 0.751. The molecule has 0 spiro atoms. The average Bonchev–Trinajstić information content (AvgIpc) is 2.39. The second-order valence-electron chi connectivity index (χ2n) is 3.76. The van der Waals surface area contributed by atoms with Crippen molar-refractivity contribution in [1.82, 2.24) is 0 Å². The van der Waals surface area contributed by atoms with Crippen LogP contribution in [0.15, 0.2) is 42.5 Å². The summed E-state index contributed by atoms with van der Waals surface area (Å²) in [5.41, 5.74) is 0.598. The van der Waals surface area contributed by atoms with Crippen molar-refractivity contribution in [3.8, 4) is 5.75 Å². The Balaban J connectivity index is 2.14. The second kappa shape index (κ2) is 6.21. The minimum atomic E-state index is -0.502. The molecule has 0 aromatic heterocycles. The number of benzene rings is 2. The van der Waals surface area contributed by atoms with E-state index in [2.05, 4.69) is 22.6 Å². The van der Waals surface area contributed by atoms with Gasteiger partial charge in [-0.3, -0.25) is 10.1 Å². The third-order valence-electron chi connectivity index (χ3n) is 2.44. The molecule has 2 aromatic carbocycles. The molecular weight excluding hydrogens is 381 g/mol. The van der Waals surface area contributed by atoms with Gasteiger partial charge in [-0.05, 0) is 46.4 Å². The van der Waals surface area contributed by atoms with Gasteiger partial charge in [-0.2, -0.15) is 0 Å². The van der Waals surface area contributed by atoms with Crippen molar-refractivity contribution in [2.75, 3.05) is 0 Å². The first-order valence-corrected chi connectivity index (χ1v) is 6.84. The Morgan fingerprint density at radius 2 is 2.00 bits per heavy atom. The molecule has 0 bridgehead atoms. The molecule has 0 saturated carbocycles. The van der Waals surface area contributed by atoms with E-state index >= 15 is 0 Å². The maximum absolute atomic E-state index is 10.8. The van der Waals surface area contributed by atoms with Crippen molar-refractivity contribution in [2.24, 2.45) is 0 Å². The lowest BCUT2D eigenvalue weighted by molar-refractivity contribution is -0.384. The Bertz CT molecular complexity index is 619. The van der Waals surface area contributed by atoms with E-state index in [1.54, 1.807) is 6.07 Å². The van der Waals surface area contributed by atoms with E-state index in [0.29, 0.717) is 5.56 Å². The summed E-state index contributed by atoms with van der Waals surface area (Å²) in [5, 5.41) is 10.9. The lowest BCUT2D eigenvalue weighted by Crippen LogP contribution is -1.98. The molecule has 4 nitrogen and oxygen atoms in total. The zero-order valence-electron chi connectivity index (χ0n) is 9.68. The molecule has 0 radical (unpaired) electrons. The molecule has 0 aliphatic heterocycles. The SMILES string of the molecule is O=[N+]([O-])c1cc(COc2ccccc2I)ccc1Cl. The fourth-order valence-electron chi connectivity index (χ4n) is 1.51. The first-order chi connectivity index (χ1) is 9.08. The van der Waals surface area contributed by atoms with Crippen LogP contribution in [-0.2, 0) is 6.61 Å². The fourth-order valence-corrected chi connectivity index (χ4v) is 2.24. The van der Waals surface area contributed by atoms with Gasteiger partial charge in [0.25, 0.3) is 5.69 Å². The minimum Gasteiger partial charge on any atom is -0.488 e. The Morgan fingerprint density at radius 1 is 1.26 bits per heavy atom. The molecule has 2 rings (SSSR count). The summed E-state index contributed by atoms with van der Waals surface area (Å²) in [4.78, 5) is 10.3. The van der Waals surface area contributed by atoms with Crippen molar-refractivity contribution in [1.29, 1.82) is 0 Å². The number of rotatable bonds is 4. The summed E-state index contributed by atoms with van der Waals surface area (Å²) in [6, 6.07) is 12.2. The van der Waals surface area contributed by atoms with E-state index in [0.717, 1.165) is 9.32 Å². The van der Waals surface area contributed by atoms with Crippen molar-refractivity contribution < 1.29 is 9.66 Å². The van der Waals surface area contributed by atoms with Gasteiger partial charge in [0.2, 0.25) is 0 Å². The topological polar surface area (TPSA) is 52.4 Å². The van der Waals surface area contributed by atoms with E-state index < -0.39 is 4.92 Å². The summed E-state index contributed by atoms with van der Waals surface area (Å²) in [6.07, 6.45) is 0. The number of para-hydroxylation sites is 1. The molecule has 19 heavy (non-hydrogen) atoms. The van der Waals surface area contributed by atoms with Gasteiger partial charge in [0.1, 0.15) is 17.4 Å².